The number of rotatable bonds is 9. The molecule has 1 rings (SSSR count). The predicted octanol–water partition coefficient (Wildman–Crippen LogP) is 4.25. The number of carbonyl (C=O) groups is 1. The van der Waals surface area contributed by atoms with Crippen LogP contribution in [-0.4, -0.2) is 17.5 Å². The summed E-state index contributed by atoms with van der Waals surface area (Å²) in [5, 5.41) is 10.8. The molecule has 0 radical (unpaired) electrons. The number of nitro groups is 1. The topological polar surface area (TPSA) is 69.4 Å². The van der Waals surface area contributed by atoms with Crippen LogP contribution in [0.1, 0.15) is 55.8 Å². The molecule has 21 heavy (non-hydrogen) atoms. The molecule has 0 aliphatic heterocycles. The van der Waals surface area contributed by atoms with Crippen LogP contribution < -0.4 is 0 Å². The molecule has 0 fully saturated rings. The van der Waals surface area contributed by atoms with Gasteiger partial charge in [-0.25, -0.2) is 9.18 Å². The van der Waals surface area contributed by atoms with Gasteiger partial charge in [-0.2, -0.15) is 0 Å². The lowest BCUT2D eigenvalue weighted by Crippen LogP contribution is -2.09. The van der Waals surface area contributed by atoms with Gasteiger partial charge in [0.15, 0.2) is 0 Å². The smallest absolute Gasteiger partial charge is 0.345 e. The molecule has 0 aliphatic carbocycles. The van der Waals surface area contributed by atoms with Gasteiger partial charge in [0.1, 0.15) is 11.4 Å². The fourth-order valence-electron chi connectivity index (χ4n) is 1.96. The first-order valence-corrected chi connectivity index (χ1v) is 7.17. The normalized spacial score (nSPS) is 10.4. The Morgan fingerprint density at radius 2 is 1.90 bits per heavy atom. The van der Waals surface area contributed by atoms with Crippen LogP contribution in [0.25, 0.3) is 0 Å². The summed E-state index contributed by atoms with van der Waals surface area (Å²) in [5.41, 5.74) is -0.782. The van der Waals surface area contributed by atoms with Gasteiger partial charge in [0.2, 0.25) is 0 Å². The van der Waals surface area contributed by atoms with Crippen LogP contribution in [0.15, 0.2) is 18.2 Å². The second kappa shape index (κ2) is 9.05. The second-order valence-electron chi connectivity index (χ2n) is 4.82. The summed E-state index contributed by atoms with van der Waals surface area (Å²) in [7, 11) is 0. The number of benzene rings is 1. The first kappa shape index (κ1) is 17.1. The van der Waals surface area contributed by atoms with Crippen LogP contribution in [-0.2, 0) is 4.74 Å². The second-order valence-corrected chi connectivity index (χ2v) is 4.82. The molecule has 0 saturated carbocycles. The van der Waals surface area contributed by atoms with E-state index < -0.39 is 22.4 Å². The van der Waals surface area contributed by atoms with Crippen LogP contribution in [0.5, 0.6) is 0 Å². The molecule has 116 valence electrons. The van der Waals surface area contributed by atoms with Gasteiger partial charge in [0, 0.05) is 6.07 Å². The van der Waals surface area contributed by atoms with Gasteiger partial charge in [-0.05, 0) is 18.6 Å². The highest BCUT2D eigenvalue weighted by molar-refractivity contribution is 5.93. The summed E-state index contributed by atoms with van der Waals surface area (Å²) in [6, 6.07) is 2.75. The van der Waals surface area contributed by atoms with E-state index in [1.807, 2.05) is 0 Å². The first-order valence-electron chi connectivity index (χ1n) is 7.17. The van der Waals surface area contributed by atoms with Crippen molar-refractivity contribution >= 4 is 11.7 Å². The zero-order valence-electron chi connectivity index (χ0n) is 12.1. The van der Waals surface area contributed by atoms with E-state index in [0.717, 1.165) is 43.9 Å². The molecule has 0 aliphatic rings. The van der Waals surface area contributed by atoms with Gasteiger partial charge in [0.05, 0.1) is 11.5 Å². The van der Waals surface area contributed by atoms with Crippen LogP contribution >= 0.6 is 0 Å². The summed E-state index contributed by atoms with van der Waals surface area (Å²) in [6.45, 7) is 2.33. The molecular weight excluding hydrogens is 277 g/mol. The van der Waals surface area contributed by atoms with Gasteiger partial charge < -0.3 is 4.74 Å². The van der Waals surface area contributed by atoms with E-state index in [9.17, 15) is 19.3 Å². The van der Waals surface area contributed by atoms with Crippen molar-refractivity contribution < 1.29 is 18.8 Å². The Balaban J connectivity index is 2.45. The van der Waals surface area contributed by atoms with Crippen molar-refractivity contribution in [2.24, 2.45) is 0 Å². The predicted molar refractivity (Wildman–Crippen MR) is 76.7 cm³/mol. The number of hydrogen-bond acceptors (Lipinski definition) is 4. The van der Waals surface area contributed by atoms with Crippen LogP contribution in [0, 0.1) is 15.9 Å². The Bertz CT molecular complexity index is 491. The monoisotopic (exact) mass is 297 g/mol. The third kappa shape index (κ3) is 5.89. The standard InChI is InChI=1S/C15H20FNO4/c1-2-3-4-5-6-7-10-21-15(18)13-11-12(16)8-9-14(13)17(19)20/h8-9,11H,2-7,10H2,1H3. The van der Waals surface area contributed by atoms with E-state index in [4.69, 9.17) is 4.74 Å². The SMILES string of the molecule is CCCCCCCCOC(=O)c1cc(F)ccc1[N+](=O)[O-]. The number of esters is 1. The Morgan fingerprint density at radius 1 is 1.24 bits per heavy atom. The maximum Gasteiger partial charge on any atom is 0.345 e. The molecule has 0 N–H and O–H groups in total. The first-order chi connectivity index (χ1) is 10.1. The summed E-state index contributed by atoms with van der Waals surface area (Å²) in [6.07, 6.45) is 6.23. The van der Waals surface area contributed by atoms with Crippen molar-refractivity contribution in [1.29, 1.82) is 0 Å². The maximum atomic E-state index is 13.1. The summed E-state index contributed by atoms with van der Waals surface area (Å²) >= 11 is 0. The number of ether oxygens (including phenoxy) is 1. The van der Waals surface area contributed by atoms with E-state index in [0.29, 0.717) is 6.42 Å². The number of hydrogen-bond donors (Lipinski definition) is 0. The van der Waals surface area contributed by atoms with E-state index in [2.05, 4.69) is 6.92 Å². The van der Waals surface area contributed by atoms with Crippen LogP contribution in [0.2, 0.25) is 0 Å². The van der Waals surface area contributed by atoms with Gasteiger partial charge in [-0.1, -0.05) is 39.0 Å². The fourth-order valence-corrected chi connectivity index (χ4v) is 1.96. The minimum absolute atomic E-state index is 0.193. The molecule has 0 bridgehead atoms. The minimum atomic E-state index is -0.852. The van der Waals surface area contributed by atoms with Crippen LogP contribution in [0.3, 0.4) is 0 Å². The van der Waals surface area contributed by atoms with E-state index in [1.165, 1.54) is 6.42 Å². The largest absolute Gasteiger partial charge is 0.462 e. The van der Waals surface area contributed by atoms with Crippen molar-refractivity contribution in [3.8, 4) is 0 Å². The van der Waals surface area contributed by atoms with Crippen molar-refractivity contribution in [2.45, 2.75) is 45.4 Å². The van der Waals surface area contributed by atoms with Crippen molar-refractivity contribution in [2.75, 3.05) is 6.61 Å². The Hall–Kier alpha value is -1.98. The molecule has 1 aromatic rings. The minimum Gasteiger partial charge on any atom is -0.462 e. The highest BCUT2D eigenvalue weighted by Crippen LogP contribution is 2.20. The lowest BCUT2D eigenvalue weighted by Gasteiger charge is -2.05. The van der Waals surface area contributed by atoms with Gasteiger partial charge >= 0.3 is 5.97 Å². The molecule has 0 heterocycles. The Morgan fingerprint density at radius 3 is 2.57 bits per heavy atom. The van der Waals surface area contributed by atoms with Gasteiger partial charge in [-0.15, -0.1) is 0 Å². The Labute approximate surface area is 123 Å². The highest BCUT2D eigenvalue weighted by atomic mass is 19.1. The zero-order valence-corrected chi connectivity index (χ0v) is 12.1. The summed E-state index contributed by atoms with van der Waals surface area (Å²) in [4.78, 5) is 21.8. The lowest BCUT2D eigenvalue weighted by molar-refractivity contribution is -0.385. The molecule has 0 aromatic heterocycles. The van der Waals surface area contributed by atoms with Crippen molar-refractivity contribution in [3.05, 3.63) is 39.7 Å². The average molecular weight is 297 g/mol. The average Bonchev–Trinajstić information content (AvgIpc) is 2.45. The van der Waals surface area contributed by atoms with E-state index in [1.54, 1.807) is 0 Å². The molecule has 6 heteroatoms. The third-order valence-corrected chi connectivity index (χ3v) is 3.11. The molecule has 0 atom stereocenters. The molecule has 5 nitrogen and oxygen atoms in total. The number of halogens is 1. The van der Waals surface area contributed by atoms with Gasteiger partial charge in [-0.3, -0.25) is 10.1 Å². The molecule has 1 aromatic carbocycles. The quantitative estimate of drug-likeness (QED) is 0.296. The van der Waals surface area contributed by atoms with E-state index >= 15 is 0 Å². The molecule has 0 unspecified atom stereocenters. The maximum absolute atomic E-state index is 13.1. The molecule has 0 saturated heterocycles. The third-order valence-electron chi connectivity index (χ3n) is 3.11. The number of nitrogens with zero attached hydrogens (tertiary/aromatic N) is 1. The highest BCUT2D eigenvalue weighted by Gasteiger charge is 2.21. The number of unbranched alkanes of at least 4 members (excludes halogenated alkanes) is 5. The van der Waals surface area contributed by atoms with Gasteiger partial charge in [0.25, 0.3) is 5.69 Å². The zero-order chi connectivity index (χ0) is 15.7. The molecular formula is C15H20FNO4. The summed E-state index contributed by atoms with van der Waals surface area (Å²) < 4.78 is 18.1. The molecule has 0 spiro atoms. The Kier molecular flexibility index (Phi) is 7.36. The summed E-state index contributed by atoms with van der Waals surface area (Å²) in [5.74, 6) is -1.55. The lowest BCUT2D eigenvalue weighted by atomic mass is 10.1. The van der Waals surface area contributed by atoms with Crippen molar-refractivity contribution in [1.82, 2.24) is 0 Å². The fraction of sp³-hybridized carbons (Fsp3) is 0.533. The van der Waals surface area contributed by atoms with Crippen molar-refractivity contribution in [3.63, 3.8) is 0 Å². The molecule has 0 amide bonds. The van der Waals surface area contributed by atoms with Crippen LogP contribution in [0.4, 0.5) is 10.1 Å². The van der Waals surface area contributed by atoms with E-state index in [-0.39, 0.29) is 12.2 Å². The number of carbonyl (C=O) groups excluding carboxylic acids is 1. The number of nitro benzene ring substituents is 1.